The number of aromatic amines is 1. The average molecular weight is 339 g/mol. The number of para-hydroxylation sites is 1. The van der Waals surface area contributed by atoms with Crippen LogP contribution in [0.1, 0.15) is 52.1 Å². The van der Waals surface area contributed by atoms with Crippen molar-refractivity contribution >= 4 is 22.7 Å². The smallest absolute Gasteiger partial charge is 0.359 e. The highest BCUT2D eigenvalue weighted by Gasteiger charge is 2.20. The van der Waals surface area contributed by atoms with Crippen molar-refractivity contribution in [2.75, 3.05) is 6.61 Å². The SMILES string of the molecule is Cc1cc(C(=O)COC(=O)c2n[nH]c3ccccc23)c(C)n1C(C)C. The van der Waals surface area contributed by atoms with Crippen LogP contribution in [-0.2, 0) is 4.74 Å². The molecule has 0 unspecified atom stereocenters. The predicted molar refractivity (Wildman–Crippen MR) is 95.0 cm³/mol. The van der Waals surface area contributed by atoms with E-state index in [0.29, 0.717) is 10.9 Å². The Balaban J connectivity index is 1.74. The molecule has 0 bridgehead atoms. The maximum Gasteiger partial charge on any atom is 0.359 e. The standard InChI is InChI=1S/C19H21N3O3/c1-11(2)22-12(3)9-15(13(22)4)17(23)10-25-19(24)18-14-7-5-6-8-16(14)20-21-18/h5-9,11H,10H2,1-4H3,(H,20,21). The molecule has 2 heterocycles. The van der Waals surface area contributed by atoms with Crippen LogP contribution in [-0.4, -0.2) is 33.1 Å². The first-order valence-corrected chi connectivity index (χ1v) is 8.22. The summed E-state index contributed by atoms with van der Waals surface area (Å²) in [7, 11) is 0. The Morgan fingerprint density at radius 1 is 1.24 bits per heavy atom. The number of aryl methyl sites for hydroxylation is 1. The van der Waals surface area contributed by atoms with Crippen LogP contribution in [0.4, 0.5) is 0 Å². The number of rotatable bonds is 5. The number of Topliss-reactive ketones (excluding diaryl/α,β-unsaturated/α-hetero) is 1. The fourth-order valence-electron chi connectivity index (χ4n) is 3.25. The molecule has 0 aliphatic rings. The molecule has 3 rings (SSSR count). The molecule has 0 amide bonds. The average Bonchev–Trinajstić information content (AvgIpc) is 3.13. The molecule has 1 N–H and O–H groups in total. The number of esters is 1. The maximum atomic E-state index is 12.5. The normalized spacial score (nSPS) is 11.2. The fourth-order valence-corrected chi connectivity index (χ4v) is 3.25. The Labute approximate surface area is 145 Å². The van der Waals surface area contributed by atoms with Crippen LogP contribution >= 0.6 is 0 Å². The Bertz CT molecular complexity index is 950. The molecule has 0 fully saturated rings. The Morgan fingerprint density at radius 2 is 1.96 bits per heavy atom. The quantitative estimate of drug-likeness (QED) is 0.569. The number of carbonyl (C=O) groups is 2. The first kappa shape index (κ1) is 17.0. The van der Waals surface area contributed by atoms with Crippen molar-refractivity contribution in [3.63, 3.8) is 0 Å². The topological polar surface area (TPSA) is 77.0 Å². The second-order valence-electron chi connectivity index (χ2n) is 6.37. The van der Waals surface area contributed by atoms with Gasteiger partial charge in [0.1, 0.15) is 0 Å². The van der Waals surface area contributed by atoms with Gasteiger partial charge in [-0.15, -0.1) is 0 Å². The van der Waals surface area contributed by atoms with E-state index >= 15 is 0 Å². The molecule has 1 aromatic carbocycles. The molecular formula is C19H21N3O3. The monoisotopic (exact) mass is 339 g/mol. The third kappa shape index (κ3) is 3.07. The van der Waals surface area contributed by atoms with Crippen molar-refractivity contribution in [1.29, 1.82) is 0 Å². The highest BCUT2D eigenvalue weighted by Crippen LogP contribution is 2.21. The van der Waals surface area contributed by atoms with E-state index in [1.807, 2.05) is 38.1 Å². The van der Waals surface area contributed by atoms with Crippen molar-refractivity contribution < 1.29 is 14.3 Å². The number of ketones is 1. The zero-order chi connectivity index (χ0) is 18.1. The summed E-state index contributed by atoms with van der Waals surface area (Å²) in [6.45, 7) is 7.70. The number of hydrogen-bond acceptors (Lipinski definition) is 4. The van der Waals surface area contributed by atoms with Crippen LogP contribution < -0.4 is 0 Å². The molecule has 130 valence electrons. The first-order valence-electron chi connectivity index (χ1n) is 8.22. The summed E-state index contributed by atoms with van der Waals surface area (Å²) in [6, 6.07) is 9.39. The molecule has 0 saturated carbocycles. The van der Waals surface area contributed by atoms with Crippen LogP contribution in [0.15, 0.2) is 30.3 Å². The first-order chi connectivity index (χ1) is 11.9. The van der Waals surface area contributed by atoms with Gasteiger partial charge in [0.25, 0.3) is 0 Å². The van der Waals surface area contributed by atoms with Gasteiger partial charge in [-0.3, -0.25) is 9.89 Å². The third-order valence-corrected chi connectivity index (χ3v) is 4.30. The van der Waals surface area contributed by atoms with E-state index in [0.717, 1.165) is 16.9 Å². The summed E-state index contributed by atoms with van der Waals surface area (Å²) >= 11 is 0. The number of nitrogens with zero attached hydrogens (tertiary/aromatic N) is 2. The second-order valence-corrected chi connectivity index (χ2v) is 6.37. The molecule has 0 radical (unpaired) electrons. The van der Waals surface area contributed by atoms with Gasteiger partial charge < -0.3 is 9.30 Å². The van der Waals surface area contributed by atoms with Gasteiger partial charge in [0.2, 0.25) is 5.78 Å². The predicted octanol–water partition coefficient (Wildman–Crippen LogP) is 3.60. The van der Waals surface area contributed by atoms with E-state index in [1.165, 1.54) is 0 Å². The van der Waals surface area contributed by atoms with Crippen molar-refractivity contribution in [1.82, 2.24) is 14.8 Å². The number of benzene rings is 1. The zero-order valence-electron chi connectivity index (χ0n) is 14.8. The molecule has 25 heavy (non-hydrogen) atoms. The summed E-state index contributed by atoms with van der Waals surface area (Å²) in [6.07, 6.45) is 0. The molecule has 0 spiro atoms. The Hall–Kier alpha value is -2.89. The lowest BCUT2D eigenvalue weighted by atomic mass is 10.1. The number of nitrogens with one attached hydrogen (secondary N) is 1. The van der Waals surface area contributed by atoms with Crippen LogP contribution in [0.2, 0.25) is 0 Å². The molecule has 0 saturated heterocycles. The minimum Gasteiger partial charge on any atom is -0.452 e. The number of ether oxygens (including phenoxy) is 1. The minimum atomic E-state index is -0.608. The number of hydrogen-bond donors (Lipinski definition) is 1. The minimum absolute atomic E-state index is 0.191. The number of fused-ring (bicyclic) bond motifs is 1. The van der Waals surface area contributed by atoms with Gasteiger partial charge in [-0.05, 0) is 39.8 Å². The van der Waals surface area contributed by atoms with Crippen LogP contribution in [0.25, 0.3) is 10.9 Å². The van der Waals surface area contributed by atoms with Crippen LogP contribution in [0.5, 0.6) is 0 Å². The molecule has 0 atom stereocenters. The number of carbonyl (C=O) groups excluding carboxylic acids is 2. The van der Waals surface area contributed by atoms with Gasteiger partial charge >= 0.3 is 5.97 Å². The van der Waals surface area contributed by atoms with Gasteiger partial charge in [0.05, 0.1) is 5.52 Å². The van der Waals surface area contributed by atoms with Crippen LogP contribution in [0, 0.1) is 13.8 Å². The highest BCUT2D eigenvalue weighted by atomic mass is 16.5. The van der Waals surface area contributed by atoms with Gasteiger partial charge in [0, 0.05) is 28.4 Å². The largest absolute Gasteiger partial charge is 0.452 e. The van der Waals surface area contributed by atoms with E-state index in [9.17, 15) is 9.59 Å². The summed E-state index contributed by atoms with van der Waals surface area (Å²) in [5.74, 6) is -0.823. The van der Waals surface area contributed by atoms with Gasteiger partial charge in [-0.1, -0.05) is 18.2 Å². The maximum absolute atomic E-state index is 12.5. The summed E-state index contributed by atoms with van der Waals surface area (Å²) < 4.78 is 7.29. The zero-order valence-corrected chi connectivity index (χ0v) is 14.8. The van der Waals surface area contributed by atoms with Crippen molar-refractivity contribution in [3.05, 3.63) is 53.0 Å². The van der Waals surface area contributed by atoms with E-state index in [-0.39, 0.29) is 24.1 Å². The van der Waals surface area contributed by atoms with Gasteiger partial charge in [-0.25, -0.2) is 4.79 Å². The molecular weight excluding hydrogens is 318 g/mol. The van der Waals surface area contributed by atoms with Crippen molar-refractivity contribution in [2.24, 2.45) is 0 Å². The lowest BCUT2D eigenvalue weighted by Gasteiger charge is -2.13. The van der Waals surface area contributed by atoms with E-state index < -0.39 is 5.97 Å². The number of H-pyrrole nitrogens is 1. The van der Waals surface area contributed by atoms with Gasteiger partial charge in [-0.2, -0.15) is 5.10 Å². The van der Waals surface area contributed by atoms with Crippen molar-refractivity contribution in [3.8, 4) is 0 Å². The Morgan fingerprint density at radius 3 is 2.64 bits per heavy atom. The van der Waals surface area contributed by atoms with E-state index in [4.69, 9.17) is 4.74 Å². The second kappa shape index (κ2) is 6.55. The molecule has 0 aliphatic carbocycles. The van der Waals surface area contributed by atoms with E-state index in [2.05, 4.69) is 28.6 Å². The van der Waals surface area contributed by atoms with Crippen LogP contribution in [0.3, 0.4) is 0 Å². The number of aromatic nitrogens is 3. The van der Waals surface area contributed by atoms with Crippen molar-refractivity contribution in [2.45, 2.75) is 33.7 Å². The summed E-state index contributed by atoms with van der Waals surface area (Å²) in [5.41, 5.74) is 3.43. The molecule has 3 aromatic rings. The molecule has 6 nitrogen and oxygen atoms in total. The van der Waals surface area contributed by atoms with Gasteiger partial charge in [0.15, 0.2) is 12.3 Å². The lowest BCUT2D eigenvalue weighted by Crippen LogP contribution is -2.15. The Kier molecular flexibility index (Phi) is 4.44. The summed E-state index contributed by atoms with van der Waals surface area (Å²) in [5, 5.41) is 7.45. The molecule has 6 heteroatoms. The molecule has 0 aliphatic heterocycles. The fraction of sp³-hybridized carbons (Fsp3) is 0.316. The highest BCUT2D eigenvalue weighted by molar-refractivity contribution is 6.04. The summed E-state index contributed by atoms with van der Waals surface area (Å²) in [4.78, 5) is 24.7. The molecule has 2 aromatic heterocycles. The lowest BCUT2D eigenvalue weighted by molar-refractivity contribution is 0.0470. The van der Waals surface area contributed by atoms with E-state index in [1.54, 1.807) is 6.07 Å². The third-order valence-electron chi connectivity index (χ3n) is 4.30.